The Kier molecular flexibility index (Phi) is 65.8. The minimum absolute atomic E-state index is 0.0997. The van der Waals surface area contributed by atoms with Crippen molar-refractivity contribution < 1.29 is 28.6 Å². The van der Waals surface area contributed by atoms with Crippen molar-refractivity contribution in [3.05, 3.63) is 146 Å². The number of rotatable bonds is 61. The van der Waals surface area contributed by atoms with Crippen molar-refractivity contribution in [2.75, 3.05) is 13.2 Å². The predicted molar refractivity (Wildman–Crippen MR) is 362 cm³/mol. The first-order chi connectivity index (χ1) is 41.0. The lowest BCUT2D eigenvalue weighted by molar-refractivity contribution is -0.167. The zero-order chi connectivity index (χ0) is 59.9. The van der Waals surface area contributed by atoms with Crippen molar-refractivity contribution >= 4 is 17.9 Å². The van der Waals surface area contributed by atoms with Crippen LogP contribution in [0.25, 0.3) is 0 Å². The fourth-order valence-corrected chi connectivity index (χ4v) is 9.23. The summed E-state index contributed by atoms with van der Waals surface area (Å²) in [6.45, 7) is 6.38. The number of hydrogen-bond donors (Lipinski definition) is 0. The van der Waals surface area contributed by atoms with E-state index in [2.05, 4.69) is 167 Å². The molecule has 0 aromatic rings. The van der Waals surface area contributed by atoms with Gasteiger partial charge in [-0.25, -0.2) is 0 Å². The first kappa shape index (κ1) is 78.3. The largest absolute Gasteiger partial charge is 0.462 e. The summed E-state index contributed by atoms with van der Waals surface area (Å²) in [5, 5.41) is 0. The van der Waals surface area contributed by atoms with Crippen LogP contribution >= 0.6 is 0 Å². The average Bonchev–Trinajstić information content (AvgIpc) is 3.49. The van der Waals surface area contributed by atoms with E-state index < -0.39 is 6.10 Å². The van der Waals surface area contributed by atoms with Gasteiger partial charge in [0.2, 0.25) is 0 Å². The number of unbranched alkanes of at least 4 members (excludes halogenated alkanes) is 26. The van der Waals surface area contributed by atoms with Crippen LogP contribution < -0.4 is 0 Å². The van der Waals surface area contributed by atoms with E-state index in [4.69, 9.17) is 14.2 Å². The van der Waals surface area contributed by atoms with E-state index in [1.165, 1.54) is 103 Å². The molecule has 0 aromatic heterocycles. The van der Waals surface area contributed by atoms with E-state index in [0.717, 1.165) is 161 Å². The maximum atomic E-state index is 12.9. The van der Waals surface area contributed by atoms with Gasteiger partial charge in [0.1, 0.15) is 13.2 Å². The summed E-state index contributed by atoms with van der Waals surface area (Å²) in [6.07, 6.45) is 100. The van der Waals surface area contributed by atoms with E-state index in [0.29, 0.717) is 12.8 Å². The average molecular weight is 1150 g/mol. The monoisotopic (exact) mass is 1150 g/mol. The summed E-state index contributed by atoms with van der Waals surface area (Å²) >= 11 is 0. The van der Waals surface area contributed by atoms with Gasteiger partial charge in [0.25, 0.3) is 0 Å². The van der Waals surface area contributed by atoms with E-state index in [-0.39, 0.29) is 37.5 Å². The molecule has 6 heteroatoms. The van der Waals surface area contributed by atoms with Gasteiger partial charge in [-0.1, -0.05) is 289 Å². The Morgan fingerprint density at radius 3 is 0.735 bits per heavy atom. The number of ether oxygens (including phenoxy) is 3. The maximum Gasteiger partial charge on any atom is 0.306 e. The number of carbonyl (C=O) groups excluding carboxylic acids is 3. The topological polar surface area (TPSA) is 78.9 Å². The fourth-order valence-electron chi connectivity index (χ4n) is 9.23. The van der Waals surface area contributed by atoms with Crippen LogP contribution in [0.1, 0.15) is 303 Å². The second-order valence-electron chi connectivity index (χ2n) is 22.3. The molecule has 0 saturated carbocycles. The SMILES string of the molecule is CC/C=C\C/C=C\C/C=C\C/C=C\C/C=C\C/C=C\CCCCCCC(=O)OC(COC(=O)CCCCCCC/C=C\C/C=C\C/C=C\CC)COC(=O)CCCCCCCCCCCCCC/C=C\C/C=C\C/C=C\CCCCCCC. The first-order valence-electron chi connectivity index (χ1n) is 34.3. The molecule has 0 aliphatic rings. The number of carbonyl (C=O) groups is 3. The minimum atomic E-state index is -0.808. The molecule has 0 heterocycles. The number of esters is 3. The zero-order valence-electron chi connectivity index (χ0n) is 53.9. The molecule has 0 amide bonds. The summed E-state index contributed by atoms with van der Waals surface area (Å²) in [6, 6.07) is 0. The van der Waals surface area contributed by atoms with Gasteiger partial charge in [-0.3, -0.25) is 14.4 Å². The first-order valence-corrected chi connectivity index (χ1v) is 34.3. The Hall–Kier alpha value is -4.71. The molecule has 1 atom stereocenters. The van der Waals surface area contributed by atoms with Crippen molar-refractivity contribution in [2.45, 2.75) is 309 Å². The van der Waals surface area contributed by atoms with Gasteiger partial charge in [-0.15, -0.1) is 0 Å². The highest BCUT2D eigenvalue weighted by Gasteiger charge is 2.19. The van der Waals surface area contributed by atoms with Crippen LogP contribution in [0.15, 0.2) is 146 Å². The molecular weight excluding hydrogens is 1020 g/mol. The van der Waals surface area contributed by atoms with Crippen LogP contribution in [-0.4, -0.2) is 37.2 Å². The molecule has 0 rings (SSSR count). The Labute approximate surface area is 512 Å². The molecule has 0 N–H and O–H groups in total. The molecule has 0 saturated heterocycles. The van der Waals surface area contributed by atoms with Gasteiger partial charge in [-0.05, 0) is 141 Å². The van der Waals surface area contributed by atoms with E-state index in [9.17, 15) is 14.4 Å². The molecule has 0 bridgehead atoms. The van der Waals surface area contributed by atoms with Crippen molar-refractivity contribution in [1.29, 1.82) is 0 Å². The van der Waals surface area contributed by atoms with E-state index in [1.54, 1.807) is 0 Å². The summed E-state index contributed by atoms with van der Waals surface area (Å²) in [4.78, 5) is 38.4. The Morgan fingerprint density at radius 2 is 0.470 bits per heavy atom. The second kappa shape index (κ2) is 69.8. The third-order valence-electron chi connectivity index (χ3n) is 14.3. The maximum absolute atomic E-state index is 12.9. The number of allylic oxidation sites excluding steroid dienone is 24. The van der Waals surface area contributed by atoms with Gasteiger partial charge in [0.05, 0.1) is 0 Å². The normalized spacial score (nSPS) is 13.0. The molecule has 0 radical (unpaired) electrons. The predicted octanol–water partition coefficient (Wildman–Crippen LogP) is 23.9. The molecule has 0 aliphatic carbocycles. The van der Waals surface area contributed by atoms with Gasteiger partial charge in [0, 0.05) is 19.3 Å². The van der Waals surface area contributed by atoms with Crippen LogP contribution in [0.5, 0.6) is 0 Å². The molecule has 83 heavy (non-hydrogen) atoms. The lowest BCUT2D eigenvalue weighted by Gasteiger charge is -2.18. The highest BCUT2D eigenvalue weighted by Crippen LogP contribution is 2.16. The Morgan fingerprint density at radius 1 is 0.253 bits per heavy atom. The van der Waals surface area contributed by atoms with Crippen molar-refractivity contribution in [2.24, 2.45) is 0 Å². The van der Waals surface area contributed by atoms with Crippen molar-refractivity contribution in [3.63, 3.8) is 0 Å². The standard InChI is InChI=1S/C77H126O6/c1-4-7-10-13-16-19-22-25-28-30-32-34-36-37-38-39-41-42-44-46-49-52-55-58-61-64-67-70-76(79)82-73-74(72-81-75(78)69-66-63-60-57-54-51-48-27-24-21-18-15-12-9-6-3)83-77(80)71-68-65-62-59-56-53-50-47-45-43-40-35-33-31-29-26-23-20-17-14-11-8-5-2/h8-9,11-12,17-18,20-22,25-27,29-30,32-33,35-37,43,45,48,50,53,74H,4-7,10,13-16,19,23-24,28,31,34,38-42,44,46-47,49,51-52,54-73H2,1-3H3/b11-8-,12-9-,20-17-,21-18-,25-22-,29-26-,32-30-,35-33-,37-36-,45-43-,48-27-,53-50-. The molecular formula is C77H126O6. The molecule has 0 aliphatic heterocycles. The van der Waals surface area contributed by atoms with E-state index in [1.807, 2.05) is 0 Å². The molecule has 1 unspecified atom stereocenters. The van der Waals surface area contributed by atoms with Crippen LogP contribution in [0, 0.1) is 0 Å². The minimum Gasteiger partial charge on any atom is -0.462 e. The van der Waals surface area contributed by atoms with Gasteiger partial charge < -0.3 is 14.2 Å². The third kappa shape index (κ3) is 68.0. The molecule has 0 spiro atoms. The molecule has 6 nitrogen and oxygen atoms in total. The van der Waals surface area contributed by atoms with Gasteiger partial charge >= 0.3 is 17.9 Å². The van der Waals surface area contributed by atoms with Crippen molar-refractivity contribution in [1.82, 2.24) is 0 Å². The Bertz CT molecular complexity index is 1800. The van der Waals surface area contributed by atoms with Crippen LogP contribution in [0.3, 0.4) is 0 Å². The quantitative estimate of drug-likeness (QED) is 0.0261. The van der Waals surface area contributed by atoms with Crippen molar-refractivity contribution in [3.8, 4) is 0 Å². The highest BCUT2D eigenvalue weighted by molar-refractivity contribution is 5.71. The lowest BCUT2D eigenvalue weighted by Crippen LogP contribution is -2.30. The van der Waals surface area contributed by atoms with Gasteiger partial charge in [0.15, 0.2) is 6.10 Å². The Balaban J connectivity index is 4.41. The second-order valence-corrected chi connectivity index (χ2v) is 22.3. The smallest absolute Gasteiger partial charge is 0.306 e. The fraction of sp³-hybridized carbons (Fsp3) is 0.649. The van der Waals surface area contributed by atoms with Gasteiger partial charge in [-0.2, -0.15) is 0 Å². The van der Waals surface area contributed by atoms with Crippen LogP contribution in [-0.2, 0) is 28.6 Å². The molecule has 0 aromatic carbocycles. The molecule has 0 fully saturated rings. The van der Waals surface area contributed by atoms with E-state index >= 15 is 0 Å². The third-order valence-corrected chi connectivity index (χ3v) is 14.3. The zero-order valence-corrected chi connectivity index (χ0v) is 53.9. The summed E-state index contributed by atoms with van der Waals surface area (Å²) < 4.78 is 16.9. The summed E-state index contributed by atoms with van der Waals surface area (Å²) in [5.74, 6) is -0.941. The summed E-state index contributed by atoms with van der Waals surface area (Å²) in [5.41, 5.74) is 0. The highest BCUT2D eigenvalue weighted by atomic mass is 16.6. The number of hydrogen-bond acceptors (Lipinski definition) is 6. The lowest BCUT2D eigenvalue weighted by atomic mass is 10.0. The summed E-state index contributed by atoms with van der Waals surface area (Å²) in [7, 11) is 0. The molecule has 470 valence electrons. The van der Waals surface area contributed by atoms with Crippen LogP contribution in [0.2, 0.25) is 0 Å². The van der Waals surface area contributed by atoms with Crippen LogP contribution in [0.4, 0.5) is 0 Å².